The van der Waals surface area contributed by atoms with Crippen molar-refractivity contribution < 1.29 is 8.42 Å². The van der Waals surface area contributed by atoms with Crippen molar-refractivity contribution in [3.63, 3.8) is 0 Å². The third kappa shape index (κ3) is 4.45. The van der Waals surface area contributed by atoms with E-state index in [0.717, 1.165) is 18.8 Å². The van der Waals surface area contributed by atoms with Gasteiger partial charge >= 0.3 is 0 Å². The Kier molecular flexibility index (Phi) is 4.63. The van der Waals surface area contributed by atoms with Crippen LogP contribution in [0.5, 0.6) is 0 Å². The van der Waals surface area contributed by atoms with Crippen LogP contribution < -0.4 is 10.2 Å². The summed E-state index contributed by atoms with van der Waals surface area (Å²) in [5.74, 6) is 0.193. The molecule has 1 unspecified atom stereocenters. The van der Waals surface area contributed by atoms with E-state index in [2.05, 4.69) is 43.1 Å². The number of nitrogens with one attached hydrogen (secondary N) is 1. The van der Waals surface area contributed by atoms with Gasteiger partial charge in [0.05, 0.1) is 5.75 Å². The largest absolute Gasteiger partial charge is 0.369 e. The van der Waals surface area contributed by atoms with Gasteiger partial charge in [0.1, 0.15) is 9.84 Å². The van der Waals surface area contributed by atoms with E-state index in [9.17, 15) is 8.42 Å². The number of sulfone groups is 1. The number of rotatable bonds is 3. The van der Waals surface area contributed by atoms with E-state index in [0.29, 0.717) is 12.6 Å². The van der Waals surface area contributed by atoms with Gasteiger partial charge in [0, 0.05) is 37.6 Å². The smallest absolute Gasteiger partial charge is 0.149 e. The van der Waals surface area contributed by atoms with Gasteiger partial charge in [-0.1, -0.05) is 39.0 Å². The van der Waals surface area contributed by atoms with E-state index in [1.807, 2.05) is 12.1 Å². The van der Waals surface area contributed by atoms with E-state index in [4.69, 9.17) is 0 Å². The zero-order valence-corrected chi connectivity index (χ0v) is 14.2. The maximum atomic E-state index is 11.5. The lowest BCUT2D eigenvalue weighted by Crippen LogP contribution is -2.47. The van der Waals surface area contributed by atoms with E-state index in [1.54, 1.807) is 0 Å². The predicted octanol–water partition coefficient (Wildman–Crippen LogP) is 2.06. The number of hydrogen-bond acceptors (Lipinski definition) is 4. The molecule has 1 aromatic rings. The summed E-state index contributed by atoms with van der Waals surface area (Å²) < 4.78 is 23.0. The highest BCUT2D eigenvalue weighted by molar-refractivity contribution is 7.90. The molecule has 21 heavy (non-hydrogen) atoms. The fourth-order valence-electron chi connectivity index (χ4n) is 2.65. The lowest BCUT2D eigenvalue weighted by Gasteiger charge is -2.34. The number of nitrogens with zero attached hydrogens (tertiary/aromatic N) is 1. The molecule has 0 aromatic heterocycles. The molecule has 4 nitrogen and oxygen atoms in total. The molecule has 0 saturated carbocycles. The van der Waals surface area contributed by atoms with Crippen molar-refractivity contribution in [2.24, 2.45) is 5.41 Å². The minimum atomic E-state index is -2.95. The van der Waals surface area contributed by atoms with Gasteiger partial charge in [-0.2, -0.15) is 0 Å². The van der Waals surface area contributed by atoms with Crippen LogP contribution in [0.2, 0.25) is 0 Å². The van der Waals surface area contributed by atoms with E-state index in [-0.39, 0.29) is 11.2 Å². The van der Waals surface area contributed by atoms with Crippen LogP contribution in [0.1, 0.15) is 26.3 Å². The molecular formula is C16H26N2O2S. The molecule has 0 bridgehead atoms. The molecule has 118 valence electrons. The molecule has 1 heterocycles. The highest BCUT2D eigenvalue weighted by Crippen LogP contribution is 2.28. The minimum absolute atomic E-state index is 0.130. The van der Waals surface area contributed by atoms with Crippen molar-refractivity contribution in [3.05, 3.63) is 29.8 Å². The van der Waals surface area contributed by atoms with Crippen LogP contribution in [0.25, 0.3) is 0 Å². The summed E-state index contributed by atoms with van der Waals surface area (Å²) in [4.78, 5) is 2.21. The SMILES string of the molecule is CC(C)(C)C1CN(CCS(C)(=O)=O)c2ccccc2CN1. The normalized spacial score (nSPS) is 20.0. The molecular weight excluding hydrogens is 284 g/mol. The minimum Gasteiger partial charge on any atom is -0.369 e. The van der Waals surface area contributed by atoms with Crippen molar-refractivity contribution in [1.82, 2.24) is 5.32 Å². The van der Waals surface area contributed by atoms with Gasteiger partial charge in [0.2, 0.25) is 0 Å². The molecule has 1 atom stereocenters. The first-order valence-corrected chi connectivity index (χ1v) is 9.47. The summed E-state index contributed by atoms with van der Waals surface area (Å²) in [6, 6.07) is 8.58. The Bertz CT molecular complexity index is 591. The van der Waals surface area contributed by atoms with Crippen LogP contribution in [-0.2, 0) is 16.4 Å². The molecule has 0 amide bonds. The third-order valence-corrected chi connectivity index (χ3v) is 4.98. The Balaban J connectivity index is 2.27. The lowest BCUT2D eigenvalue weighted by molar-refractivity contribution is 0.272. The molecule has 1 aliphatic rings. The van der Waals surface area contributed by atoms with Crippen LogP contribution >= 0.6 is 0 Å². The number of fused-ring (bicyclic) bond motifs is 1. The summed E-state index contributed by atoms with van der Waals surface area (Å²) in [5.41, 5.74) is 2.52. The fraction of sp³-hybridized carbons (Fsp3) is 0.625. The molecule has 1 aliphatic heterocycles. The standard InChI is InChI=1S/C16H26N2O2S/c1-16(2,3)15-12-18(9-10-21(4,19)20)14-8-6-5-7-13(14)11-17-15/h5-8,15,17H,9-12H2,1-4H3. The molecule has 0 spiro atoms. The molecule has 1 N–H and O–H groups in total. The van der Waals surface area contributed by atoms with Crippen molar-refractivity contribution in [2.45, 2.75) is 33.4 Å². The van der Waals surface area contributed by atoms with Gasteiger partial charge in [-0.15, -0.1) is 0 Å². The van der Waals surface area contributed by atoms with E-state index < -0.39 is 9.84 Å². The van der Waals surface area contributed by atoms with Crippen molar-refractivity contribution in [2.75, 3.05) is 30.0 Å². The lowest BCUT2D eigenvalue weighted by atomic mass is 9.86. The number of hydrogen-bond donors (Lipinski definition) is 1. The predicted molar refractivity (Wildman–Crippen MR) is 88.4 cm³/mol. The summed E-state index contributed by atoms with van der Waals surface area (Å²) >= 11 is 0. The third-order valence-electron chi connectivity index (χ3n) is 4.05. The molecule has 0 radical (unpaired) electrons. The monoisotopic (exact) mass is 310 g/mol. The Hall–Kier alpha value is -1.07. The van der Waals surface area contributed by atoms with Gasteiger partial charge in [-0.25, -0.2) is 8.42 Å². The van der Waals surface area contributed by atoms with Gasteiger partial charge in [0.15, 0.2) is 0 Å². The van der Waals surface area contributed by atoms with E-state index >= 15 is 0 Å². The maximum Gasteiger partial charge on any atom is 0.149 e. The van der Waals surface area contributed by atoms with Gasteiger partial charge in [0.25, 0.3) is 0 Å². The Labute approximate surface area is 128 Å². The van der Waals surface area contributed by atoms with Gasteiger partial charge < -0.3 is 10.2 Å². The van der Waals surface area contributed by atoms with Gasteiger partial charge in [-0.3, -0.25) is 0 Å². The van der Waals surface area contributed by atoms with Crippen LogP contribution in [0.4, 0.5) is 5.69 Å². The van der Waals surface area contributed by atoms with Crippen molar-refractivity contribution >= 4 is 15.5 Å². The Morgan fingerprint density at radius 3 is 2.57 bits per heavy atom. The fourth-order valence-corrected chi connectivity index (χ4v) is 3.21. The quantitative estimate of drug-likeness (QED) is 0.928. The molecule has 2 rings (SSSR count). The highest BCUT2D eigenvalue weighted by atomic mass is 32.2. The average molecular weight is 310 g/mol. The van der Waals surface area contributed by atoms with E-state index in [1.165, 1.54) is 11.8 Å². The average Bonchev–Trinajstić information content (AvgIpc) is 2.54. The van der Waals surface area contributed by atoms with Crippen LogP contribution in [0, 0.1) is 5.41 Å². The summed E-state index contributed by atoms with van der Waals surface area (Å²) in [7, 11) is -2.95. The first kappa shape index (κ1) is 16.3. The molecule has 0 fully saturated rings. The molecule has 0 saturated heterocycles. The van der Waals surface area contributed by atoms with Crippen LogP contribution in [0.3, 0.4) is 0 Å². The van der Waals surface area contributed by atoms with Crippen molar-refractivity contribution in [3.8, 4) is 0 Å². The summed E-state index contributed by atoms with van der Waals surface area (Å²) in [6.45, 7) is 8.85. The molecule has 5 heteroatoms. The first-order valence-electron chi connectivity index (χ1n) is 7.41. The Morgan fingerprint density at radius 2 is 1.95 bits per heavy atom. The second-order valence-electron chi connectivity index (χ2n) is 7.00. The second-order valence-corrected chi connectivity index (χ2v) is 9.26. The van der Waals surface area contributed by atoms with Gasteiger partial charge in [-0.05, 0) is 17.0 Å². The maximum absolute atomic E-state index is 11.5. The zero-order chi connectivity index (χ0) is 15.7. The molecule has 0 aliphatic carbocycles. The topological polar surface area (TPSA) is 49.4 Å². The van der Waals surface area contributed by atoms with Crippen molar-refractivity contribution in [1.29, 1.82) is 0 Å². The number of anilines is 1. The Morgan fingerprint density at radius 1 is 1.29 bits per heavy atom. The first-order chi connectivity index (χ1) is 9.67. The van der Waals surface area contributed by atoms with Crippen LogP contribution in [-0.4, -0.2) is 39.6 Å². The molecule has 1 aromatic carbocycles. The highest BCUT2D eigenvalue weighted by Gasteiger charge is 2.29. The summed E-state index contributed by atoms with van der Waals surface area (Å²) in [5, 5.41) is 3.61. The second kappa shape index (κ2) is 5.97. The number of para-hydroxylation sites is 1. The zero-order valence-electron chi connectivity index (χ0n) is 13.4. The summed E-state index contributed by atoms with van der Waals surface area (Å²) in [6.07, 6.45) is 1.30. The van der Waals surface area contributed by atoms with Crippen LogP contribution in [0.15, 0.2) is 24.3 Å². The number of benzene rings is 1.